The highest BCUT2D eigenvalue weighted by Gasteiger charge is 2.29. The highest BCUT2D eigenvalue weighted by molar-refractivity contribution is 6.18. The van der Waals surface area contributed by atoms with Crippen molar-refractivity contribution in [1.82, 2.24) is 0 Å². The van der Waals surface area contributed by atoms with E-state index in [1.54, 1.807) is 0 Å². The monoisotopic (exact) mass is 364 g/mol. The molecule has 132 valence electrons. The van der Waals surface area contributed by atoms with Crippen LogP contribution in [0.1, 0.15) is 36.1 Å². The smallest absolute Gasteiger partial charge is 0.144 e. The van der Waals surface area contributed by atoms with Gasteiger partial charge in [-0.1, -0.05) is 31.9 Å². The van der Waals surface area contributed by atoms with Gasteiger partial charge in [-0.3, -0.25) is 0 Å². The zero-order valence-corrected chi connectivity index (χ0v) is 15.8. The molecule has 0 aromatic heterocycles. The van der Waals surface area contributed by atoms with Gasteiger partial charge in [-0.15, -0.1) is 18.0 Å². The number of nitriles is 1. The maximum absolute atomic E-state index is 9.72. The zero-order chi connectivity index (χ0) is 18.7. The van der Waals surface area contributed by atoms with Crippen molar-refractivity contribution in [2.45, 2.75) is 19.3 Å². The number of nitrogens with zero attached hydrogens (tertiary/aromatic N) is 2. The zero-order valence-electron chi connectivity index (χ0n) is 15.1. The number of hydrogen-bond acceptors (Lipinski definition) is 3. The highest BCUT2D eigenvalue weighted by Crippen LogP contribution is 2.41. The molecule has 2 aromatic carbocycles. The van der Waals surface area contributed by atoms with E-state index in [2.05, 4.69) is 30.7 Å². The standard InChI is InChI=1S/C22H21ClN2O/c1-4-16-5-7-18(8-6-16)22(2,3)19-13-17(15-24)21-20(14-19)26-12-11-25(21)10-9-23/h1,5-8,13-14H,9-12H2,2-3H3. The third-order valence-electron chi connectivity index (χ3n) is 4.98. The summed E-state index contributed by atoms with van der Waals surface area (Å²) in [7, 11) is 0. The molecule has 0 aliphatic carbocycles. The van der Waals surface area contributed by atoms with Gasteiger partial charge in [0, 0.05) is 23.4 Å². The minimum Gasteiger partial charge on any atom is -0.490 e. The van der Waals surface area contributed by atoms with Crippen molar-refractivity contribution in [2.24, 2.45) is 0 Å². The summed E-state index contributed by atoms with van der Waals surface area (Å²) < 4.78 is 5.89. The van der Waals surface area contributed by atoms with E-state index in [1.165, 1.54) is 0 Å². The third kappa shape index (κ3) is 3.24. The normalized spacial score (nSPS) is 13.3. The summed E-state index contributed by atoms with van der Waals surface area (Å²) in [5.74, 6) is 3.91. The molecule has 2 aromatic rings. The summed E-state index contributed by atoms with van der Waals surface area (Å²) in [5, 5.41) is 9.72. The van der Waals surface area contributed by atoms with Crippen molar-refractivity contribution < 1.29 is 4.74 Å². The fourth-order valence-electron chi connectivity index (χ4n) is 3.34. The number of benzene rings is 2. The Morgan fingerprint density at radius 1 is 1.23 bits per heavy atom. The first-order valence-corrected chi connectivity index (χ1v) is 9.14. The lowest BCUT2D eigenvalue weighted by Gasteiger charge is -2.34. The van der Waals surface area contributed by atoms with E-state index in [1.807, 2.05) is 36.4 Å². The lowest BCUT2D eigenvalue weighted by molar-refractivity contribution is 0.307. The van der Waals surface area contributed by atoms with Gasteiger partial charge in [0.1, 0.15) is 18.4 Å². The first kappa shape index (κ1) is 18.2. The van der Waals surface area contributed by atoms with Gasteiger partial charge in [-0.25, -0.2) is 0 Å². The van der Waals surface area contributed by atoms with Crippen LogP contribution in [-0.4, -0.2) is 25.6 Å². The molecule has 3 nitrogen and oxygen atoms in total. The van der Waals surface area contributed by atoms with E-state index in [4.69, 9.17) is 22.8 Å². The number of halogens is 1. The van der Waals surface area contributed by atoms with Crippen molar-refractivity contribution in [1.29, 1.82) is 5.26 Å². The van der Waals surface area contributed by atoms with Crippen LogP contribution in [0.15, 0.2) is 36.4 Å². The predicted octanol–water partition coefficient (Wildman–Crippen LogP) is 4.30. The fraction of sp³-hybridized carbons (Fsp3) is 0.318. The second-order valence-corrected chi connectivity index (χ2v) is 7.23. The van der Waals surface area contributed by atoms with Gasteiger partial charge < -0.3 is 9.64 Å². The van der Waals surface area contributed by atoms with Gasteiger partial charge in [0.05, 0.1) is 17.8 Å². The molecule has 0 N–H and O–H groups in total. The summed E-state index contributed by atoms with van der Waals surface area (Å²) in [4.78, 5) is 2.13. The molecule has 0 atom stereocenters. The summed E-state index contributed by atoms with van der Waals surface area (Å²) in [5.41, 5.74) is 4.21. The van der Waals surface area contributed by atoms with Crippen molar-refractivity contribution >= 4 is 17.3 Å². The van der Waals surface area contributed by atoms with Crippen molar-refractivity contribution in [2.75, 3.05) is 30.5 Å². The number of rotatable bonds is 4. The minimum absolute atomic E-state index is 0.286. The Kier molecular flexibility index (Phi) is 5.12. The summed E-state index contributed by atoms with van der Waals surface area (Å²) >= 11 is 5.93. The molecule has 0 saturated carbocycles. The van der Waals surface area contributed by atoms with E-state index in [-0.39, 0.29) is 5.41 Å². The summed E-state index contributed by atoms with van der Waals surface area (Å²) in [6.45, 7) is 6.31. The van der Waals surface area contributed by atoms with Crippen molar-refractivity contribution in [3.05, 3.63) is 58.7 Å². The molecular formula is C22H21ClN2O. The molecule has 4 heteroatoms. The first-order chi connectivity index (χ1) is 12.5. The van der Waals surface area contributed by atoms with E-state index in [0.29, 0.717) is 24.6 Å². The summed E-state index contributed by atoms with van der Waals surface area (Å²) in [6, 6.07) is 14.3. The van der Waals surface area contributed by atoms with Crippen LogP contribution in [0.25, 0.3) is 0 Å². The van der Waals surface area contributed by atoms with E-state index in [0.717, 1.165) is 34.7 Å². The second-order valence-electron chi connectivity index (χ2n) is 6.85. The van der Waals surface area contributed by atoms with Gasteiger partial charge >= 0.3 is 0 Å². The van der Waals surface area contributed by atoms with Crippen LogP contribution in [0.2, 0.25) is 0 Å². The van der Waals surface area contributed by atoms with Gasteiger partial charge in [-0.2, -0.15) is 5.26 Å². The van der Waals surface area contributed by atoms with Crippen LogP contribution in [0.5, 0.6) is 5.75 Å². The Morgan fingerprint density at radius 3 is 2.58 bits per heavy atom. The largest absolute Gasteiger partial charge is 0.490 e. The molecule has 26 heavy (non-hydrogen) atoms. The number of anilines is 1. The average Bonchev–Trinajstić information content (AvgIpc) is 2.67. The average molecular weight is 365 g/mol. The van der Waals surface area contributed by atoms with Crippen LogP contribution < -0.4 is 9.64 Å². The molecule has 1 heterocycles. The molecule has 0 bridgehead atoms. The van der Waals surface area contributed by atoms with E-state index in [9.17, 15) is 5.26 Å². The minimum atomic E-state index is -0.286. The van der Waals surface area contributed by atoms with Crippen LogP contribution in [0, 0.1) is 23.7 Å². The van der Waals surface area contributed by atoms with Gasteiger partial charge in [0.2, 0.25) is 0 Å². The number of alkyl halides is 1. The van der Waals surface area contributed by atoms with Gasteiger partial charge in [0.25, 0.3) is 0 Å². The molecular weight excluding hydrogens is 344 g/mol. The Bertz CT molecular complexity index is 888. The van der Waals surface area contributed by atoms with Crippen molar-refractivity contribution in [3.8, 4) is 24.2 Å². The maximum Gasteiger partial charge on any atom is 0.144 e. The lowest BCUT2D eigenvalue weighted by atomic mass is 9.77. The van der Waals surface area contributed by atoms with Gasteiger partial charge in [0.15, 0.2) is 0 Å². The maximum atomic E-state index is 9.72. The van der Waals surface area contributed by atoms with Crippen molar-refractivity contribution in [3.63, 3.8) is 0 Å². The Morgan fingerprint density at radius 2 is 1.96 bits per heavy atom. The molecule has 1 aliphatic rings. The third-order valence-corrected chi connectivity index (χ3v) is 5.15. The Labute approximate surface area is 160 Å². The second kappa shape index (κ2) is 7.32. The van der Waals surface area contributed by atoms with Crippen LogP contribution in [-0.2, 0) is 5.41 Å². The molecule has 0 amide bonds. The molecule has 0 radical (unpaired) electrons. The fourth-order valence-corrected chi connectivity index (χ4v) is 3.55. The quantitative estimate of drug-likeness (QED) is 0.599. The van der Waals surface area contributed by atoms with E-state index >= 15 is 0 Å². The number of ether oxygens (including phenoxy) is 1. The molecule has 0 fully saturated rings. The Balaban J connectivity index is 2.08. The summed E-state index contributed by atoms with van der Waals surface area (Å²) in [6.07, 6.45) is 5.46. The van der Waals surface area contributed by atoms with Crippen LogP contribution >= 0.6 is 11.6 Å². The molecule has 0 saturated heterocycles. The highest BCUT2D eigenvalue weighted by atomic mass is 35.5. The number of hydrogen-bond donors (Lipinski definition) is 0. The SMILES string of the molecule is C#Cc1ccc(C(C)(C)c2cc(C#N)c3c(c2)OCCN3CCCl)cc1. The van der Waals surface area contributed by atoms with Gasteiger partial charge in [-0.05, 0) is 35.4 Å². The molecule has 0 spiro atoms. The van der Waals surface area contributed by atoms with E-state index < -0.39 is 0 Å². The lowest BCUT2D eigenvalue weighted by Crippen LogP contribution is -2.35. The molecule has 3 rings (SSSR count). The predicted molar refractivity (Wildman–Crippen MR) is 106 cm³/mol. The topological polar surface area (TPSA) is 36.3 Å². The van der Waals surface area contributed by atoms with Crippen LogP contribution in [0.3, 0.4) is 0 Å². The molecule has 0 unspecified atom stereocenters. The molecule has 1 aliphatic heterocycles. The van der Waals surface area contributed by atoms with Crippen LogP contribution in [0.4, 0.5) is 5.69 Å². The first-order valence-electron chi connectivity index (χ1n) is 8.60. The Hall–Kier alpha value is -2.62. The number of fused-ring (bicyclic) bond motifs is 1. The number of terminal acetylenes is 1.